The van der Waals surface area contributed by atoms with E-state index in [0.29, 0.717) is 11.1 Å². The molecule has 0 saturated carbocycles. The molecule has 1 unspecified atom stereocenters. The van der Waals surface area contributed by atoms with Crippen molar-refractivity contribution in [3.05, 3.63) is 35.5 Å². The first-order chi connectivity index (χ1) is 8.88. The number of nitrogens with zero attached hydrogens (tertiary/aromatic N) is 1. The fraction of sp³-hybridized carbons (Fsp3) is 0.308. The zero-order chi connectivity index (χ0) is 13.8. The van der Waals surface area contributed by atoms with E-state index in [1.165, 1.54) is 10.6 Å². The molecule has 19 heavy (non-hydrogen) atoms. The van der Waals surface area contributed by atoms with Crippen molar-refractivity contribution >= 4 is 16.9 Å². The van der Waals surface area contributed by atoms with Gasteiger partial charge in [-0.2, -0.15) is 13.2 Å². The minimum absolute atomic E-state index is 0.0914. The Hall–Kier alpha value is -1.98. The summed E-state index contributed by atoms with van der Waals surface area (Å²) in [7, 11) is 0. The molecular weight excluding hydrogens is 259 g/mol. The molecule has 2 heterocycles. The second kappa shape index (κ2) is 3.76. The van der Waals surface area contributed by atoms with E-state index in [4.69, 9.17) is 5.11 Å². The summed E-state index contributed by atoms with van der Waals surface area (Å²) in [5.74, 6) is -1.61. The highest BCUT2D eigenvalue weighted by Crippen LogP contribution is 2.38. The lowest BCUT2D eigenvalue weighted by Crippen LogP contribution is -2.15. The molecule has 0 bridgehead atoms. The maximum Gasteiger partial charge on any atom is 0.418 e. The maximum atomic E-state index is 13.0. The molecule has 100 valence electrons. The minimum Gasteiger partial charge on any atom is -0.481 e. The molecular formula is C13H10F3NO2. The average Bonchev–Trinajstić information content (AvgIpc) is 2.83. The van der Waals surface area contributed by atoms with Crippen LogP contribution in [-0.2, 0) is 23.9 Å². The number of para-hydroxylation sites is 1. The van der Waals surface area contributed by atoms with Gasteiger partial charge in [0.1, 0.15) is 0 Å². The number of fused-ring (bicyclic) bond motifs is 3. The lowest BCUT2D eigenvalue weighted by Gasteiger charge is -2.11. The van der Waals surface area contributed by atoms with E-state index in [1.54, 1.807) is 12.1 Å². The van der Waals surface area contributed by atoms with Crippen molar-refractivity contribution in [1.82, 2.24) is 4.57 Å². The Bertz CT molecular complexity index is 672. The fourth-order valence-corrected chi connectivity index (χ4v) is 2.69. The topological polar surface area (TPSA) is 42.2 Å². The Kier molecular flexibility index (Phi) is 2.39. The van der Waals surface area contributed by atoms with E-state index in [9.17, 15) is 18.0 Å². The number of aromatic nitrogens is 1. The Morgan fingerprint density at radius 2 is 2.11 bits per heavy atom. The number of benzene rings is 1. The van der Waals surface area contributed by atoms with Crippen molar-refractivity contribution in [3.8, 4) is 0 Å². The summed E-state index contributed by atoms with van der Waals surface area (Å²) in [4.78, 5) is 11.0. The summed E-state index contributed by atoms with van der Waals surface area (Å²) in [6, 6.07) is 5.67. The van der Waals surface area contributed by atoms with E-state index in [0.717, 1.165) is 6.07 Å². The van der Waals surface area contributed by atoms with Crippen LogP contribution in [0, 0.1) is 5.92 Å². The Balaban J connectivity index is 2.20. The van der Waals surface area contributed by atoms with Crippen LogP contribution in [0.15, 0.2) is 24.3 Å². The Labute approximate surface area is 106 Å². The molecule has 1 aliphatic rings. The van der Waals surface area contributed by atoms with Crippen molar-refractivity contribution in [3.63, 3.8) is 0 Å². The number of hydrogen-bond donors (Lipinski definition) is 1. The van der Waals surface area contributed by atoms with Gasteiger partial charge in [-0.15, -0.1) is 0 Å². The van der Waals surface area contributed by atoms with Gasteiger partial charge in [0.25, 0.3) is 0 Å². The molecule has 3 nitrogen and oxygen atoms in total. The summed E-state index contributed by atoms with van der Waals surface area (Å²) in [6.07, 6.45) is -4.16. The number of halogens is 3. The van der Waals surface area contributed by atoms with E-state index < -0.39 is 23.6 Å². The van der Waals surface area contributed by atoms with Crippen molar-refractivity contribution < 1.29 is 23.1 Å². The van der Waals surface area contributed by atoms with E-state index in [-0.39, 0.29) is 18.5 Å². The molecule has 2 aromatic rings. The van der Waals surface area contributed by atoms with Crippen LogP contribution in [0.4, 0.5) is 13.2 Å². The summed E-state index contributed by atoms with van der Waals surface area (Å²) >= 11 is 0. The average molecular weight is 269 g/mol. The van der Waals surface area contributed by atoms with Crippen LogP contribution in [0.1, 0.15) is 11.3 Å². The van der Waals surface area contributed by atoms with Crippen molar-refractivity contribution in [2.75, 3.05) is 0 Å². The number of carboxylic acid groups (broad SMARTS) is 1. The number of alkyl halides is 3. The van der Waals surface area contributed by atoms with Crippen LogP contribution in [0.5, 0.6) is 0 Å². The van der Waals surface area contributed by atoms with Gasteiger partial charge in [-0.1, -0.05) is 12.1 Å². The van der Waals surface area contributed by atoms with E-state index in [2.05, 4.69) is 0 Å². The Morgan fingerprint density at radius 1 is 1.37 bits per heavy atom. The predicted molar refractivity (Wildman–Crippen MR) is 61.8 cm³/mol. The first kappa shape index (κ1) is 12.1. The number of carbonyl (C=O) groups is 1. The molecule has 6 heteroatoms. The van der Waals surface area contributed by atoms with Gasteiger partial charge in [0.15, 0.2) is 0 Å². The molecule has 1 aromatic carbocycles. The third-order valence-corrected chi connectivity index (χ3v) is 3.52. The van der Waals surface area contributed by atoms with Gasteiger partial charge in [-0.25, -0.2) is 0 Å². The van der Waals surface area contributed by atoms with Gasteiger partial charge in [-0.05, 0) is 12.1 Å². The quantitative estimate of drug-likeness (QED) is 0.864. The van der Waals surface area contributed by atoms with Crippen LogP contribution in [0.3, 0.4) is 0 Å². The zero-order valence-corrected chi connectivity index (χ0v) is 9.74. The third kappa shape index (κ3) is 1.78. The molecule has 1 atom stereocenters. The molecule has 0 saturated heterocycles. The van der Waals surface area contributed by atoms with E-state index >= 15 is 0 Å². The van der Waals surface area contributed by atoms with Crippen molar-refractivity contribution in [2.45, 2.75) is 19.1 Å². The maximum absolute atomic E-state index is 13.0. The second-order valence-corrected chi connectivity index (χ2v) is 4.73. The highest BCUT2D eigenvalue weighted by molar-refractivity contribution is 5.86. The monoisotopic (exact) mass is 269 g/mol. The molecule has 0 amide bonds. The molecule has 0 radical (unpaired) electrons. The summed E-state index contributed by atoms with van der Waals surface area (Å²) in [5, 5.41) is 9.48. The van der Waals surface area contributed by atoms with Gasteiger partial charge >= 0.3 is 12.1 Å². The molecule has 0 fully saturated rings. The molecule has 3 rings (SSSR count). The largest absolute Gasteiger partial charge is 0.481 e. The first-order valence-electron chi connectivity index (χ1n) is 5.79. The molecule has 1 aromatic heterocycles. The van der Waals surface area contributed by atoms with Gasteiger partial charge in [0.05, 0.1) is 17.0 Å². The SMILES string of the molecule is O=C(O)C1Cc2cc3cccc(C(F)(F)F)c3n2C1. The lowest BCUT2D eigenvalue weighted by atomic mass is 10.1. The van der Waals surface area contributed by atoms with Gasteiger partial charge in [0, 0.05) is 24.0 Å². The predicted octanol–water partition coefficient (Wildman–Crippen LogP) is 2.92. The standard InChI is InChI=1S/C13H10F3NO2/c14-13(15,16)10-3-1-2-7-4-9-5-8(12(18)19)6-17(9)11(7)10/h1-4,8H,5-6H2,(H,18,19). The van der Waals surface area contributed by atoms with Crippen molar-refractivity contribution in [2.24, 2.45) is 5.92 Å². The molecule has 0 spiro atoms. The van der Waals surface area contributed by atoms with Gasteiger partial charge in [-0.3, -0.25) is 4.79 Å². The van der Waals surface area contributed by atoms with Crippen LogP contribution in [-0.4, -0.2) is 15.6 Å². The molecule has 0 aliphatic carbocycles. The number of rotatable bonds is 1. The fourth-order valence-electron chi connectivity index (χ4n) is 2.69. The first-order valence-corrected chi connectivity index (χ1v) is 5.79. The Morgan fingerprint density at radius 3 is 2.74 bits per heavy atom. The van der Waals surface area contributed by atoms with Crippen LogP contribution >= 0.6 is 0 Å². The second-order valence-electron chi connectivity index (χ2n) is 4.73. The molecule has 1 aliphatic heterocycles. The highest BCUT2D eigenvalue weighted by atomic mass is 19.4. The minimum atomic E-state index is -4.43. The van der Waals surface area contributed by atoms with Crippen molar-refractivity contribution in [1.29, 1.82) is 0 Å². The zero-order valence-electron chi connectivity index (χ0n) is 9.74. The van der Waals surface area contributed by atoms with Crippen LogP contribution in [0.25, 0.3) is 10.9 Å². The van der Waals surface area contributed by atoms with Gasteiger partial charge in [0.2, 0.25) is 0 Å². The third-order valence-electron chi connectivity index (χ3n) is 3.52. The van der Waals surface area contributed by atoms with Gasteiger partial charge < -0.3 is 9.67 Å². The smallest absolute Gasteiger partial charge is 0.418 e. The lowest BCUT2D eigenvalue weighted by molar-refractivity contribution is -0.141. The van der Waals surface area contributed by atoms with Crippen LogP contribution < -0.4 is 0 Å². The summed E-state index contributed by atoms with van der Waals surface area (Å²) in [6.45, 7) is 0.0985. The number of carboxylic acids is 1. The summed E-state index contributed by atoms with van der Waals surface area (Å²) in [5.41, 5.74) is 0.0372. The highest BCUT2D eigenvalue weighted by Gasteiger charge is 2.36. The summed E-state index contributed by atoms with van der Waals surface area (Å²) < 4.78 is 40.5. The normalized spacial score (nSPS) is 18.8. The van der Waals surface area contributed by atoms with E-state index in [1.807, 2.05) is 0 Å². The molecule has 1 N–H and O–H groups in total. The number of hydrogen-bond acceptors (Lipinski definition) is 1. The number of aliphatic carboxylic acids is 1. The van der Waals surface area contributed by atoms with Crippen LogP contribution in [0.2, 0.25) is 0 Å².